The van der Waals surface area contributed by atoms with Gasteiger partial charge in [0.15, 0.2) is 0 Å². The smallest absolute Gasteiger partial charge is 0.336 e. The van der Waals surface area contributed by atoms with Crippen molar-refractivity contribution < 1.29 is 23.5 Å². The summed E-state index contributed by atoms with van der Waals surface area (Å²) in [6, 6.07) is 4.52. The van der Waals surface area contributed by atoms with Crippen LogP contribution in [-0.4, -0.2) is 34.9 Å². The molecule has 0 unspecified atom stereocenters. The summed E-state index contributed by atoms with van der Waals surface area (Å²) in [5.41, 5.74) is 1.74. The Morgan fingerprint density at radius 2 is 1.83 bits per heavy atom. The number of ether oxygens (including phenoxy) is 1. The van der Waals surface area contributed by atoms with Gasteiger partial charge in [-0.1, -0.05) is 34.6 Å². The van der Waals surface area contributed by atoms with Crippen molar-refractivity contribution in [3.63, 3.8) is 0 Å². The Labute approximate surface area is 211 Å². The quantitative estimate of drug-likeness (QED) is 0.362. The van der Waals surface area contributed by atoms with Gasteiger partial charge in [0.2, 0.25) is 0 Å². The van der Waals surface area contributed by atoms with E-state index in [0.29, 0.717) is 35.3 Å². The number of aryl methyl sites for hydroxylation is 1. The molecule has 8 nitrogen and oxygen atoms in total. The summed E-state index contributed by atoms with van der Waals surface area (Å²) in [5.74, 6) is -0.330. The van der Waals surface area contributed by atoms with E-state index in [1.54, 1.807) is 0 Å². The minimum absolute atomic E-state index is 0.143. The van der Waals surface area contributed by atoms with E-state index in [2.05, 4.69) is 39.9 Å². The topological polar surface area (TPSA) is 106 Å². The van der Waals surface area contributed by atoms with Gasteiger partial charge in [-0.05, 0) is 73.1 Å². The van der Waals surface area contributed by atoms with Gasteiger partial charge in [-0.15, -0.1) is 0 Å². The van der Waals surface area contributed by atoms with E-state index in [1.165, 1.54) is 6.07 Å². The van der Waals surface area contributed by atoms with E-state index < -0.39 is 29.7 Å². The summed E-state index contributed by atoms with van der Waals surface area (Å²) in [6.45, 7) is 12.1. The Morgan fingerprint density at radius 3 is 2.44 bits per heavy atom. The normalized spacial score (nSPS) is 22.5. The average molecular weight is 497 g/mol. The molecule has 1 saturated heterocycles. The summed E-state index contributed by atoms with van der Waals surface area (Å²) >= 11 is 0. The van der Waals surface area contributed by atoms with E-state index in [-0.39, 0.29) is 23.8 Å². The molecule has 194 valence electrons. The number of benzene rings is 1. The van der Waals surface area contributed by atoms with Gasteiger partial charge in [0.1, 0.15) is 24.3 Å². The molecule has 2 aromatic rings. The maximum absolute atomic E-state index is 13.2. The van der Waals surface area contributed by atoms with Crippen LogP contribution in [0.4, 0.5) is 4.79 Å². The molecule has 3 amide bonds. The van der Waals surface area contributed by atoms with Gasteiger partial charge in [0.25, 0.3) is 5.91 Å². The highest BCUT2D eigenvalue weighted by atomic mass is 16.5. The lowest BCUT2D eigenvalue weighted by atomic mass is 9.67. The Hall–Kier alpha value is -3.16. The maximum atomic E-state index is 13.2. The number of rotatable bonds is 5. The largest absolute Gasteiger partial charge is 0.459 e. The minimum atomic E-state index is -0.932. The van der Waals surface area contributed by atoms with E-state index in [0.717, 1.165) is 28.9 Å². The average Bonchev–Trinajstić information content (AvgIpc) is 3.00. The first-order chi connectivity index (χ1) is 16.8. The zero-order valence-corrected chi connectivity index (χ0v) is 22.0. The van der Waals surface area contributed by atoms with Crippen molar-refractivity contribution in [2.75, 3.05) is 6.54 Å². The number of hydrogen-bond acceptors (Lipinski definition) is 6. The summed E-state index contributed by atoms with van der Waals surface area (Å²) in [6.07, 6.45) is 2.81. The van der Waals surface area contributed by atoms with Crippen LogP contribution in [0.15, 0.2) is 27.4 Å². The van der Waals surface area contributed by atoms with Crippen LogP contribution in [-0.2, 0) is 20.9 Å². The molecule has 1 aromatic heterocycles. The fourth-order valence-corrected chi connectivity index (χ4v) is 5.60. The van der Waals surface area contributed by atoms with Gasteiger partial charge in [-0.3, -0.25) is 14.5 Å². The molecule has 1 aromatic carbocycles. The van der Waals surface area contributed by atoms with Gasteiger partial charge >= 0.3 is 17.6 Å². The highest BCUT2D eigenvalue weighted by Crippen LogP contribution is 2.43. The maximum Gasteiger partial charge on any atom is 0.336 e. The van der Waals surface area contributed by atoms with Crippen molar-refractivity contribution in [3.05, 3.63) is 45.3 Å². The molecule has 1 aliphatic carbocycles. The highest BCUT2D eigenvalue weighted by Gasteiger charge is 2.53. The second kappa shape index (κ2) is 9.37. The van der Waals surface area contributed by atoms with E-state index in [9.17, 15) is 19.2 Å². The van der Waals surface area contributed by atoms with Gasteiger partial charge in [0, 0.05) is 17.0 Å². The van der Waals surface area contributed by atoms with Crippen molar-refractivity contribution in [2.24, 2.45) is 11.3 Å². The van der Waals surface area contributed by atoms with Crippen LogP contribution in [0.2, 0.25) is 0 Å². The van der Waals surface area contributed by atoms with Crippen LogP contribution >= 0.6 is 0 Å². The van der Waals surface area contributed by atoms with Crippen molar-refractivity contribution >= 4 is 28.9 Å². The monoisotopic (exact) mass is 496 g/mol. The van der Waals surface area contributed by atoms with E-state index in [4.69, 9.17) is 9.15 Å². The molecule has 1 N–H and O–H groups in total. The number of carbonyl (C=O) groups is 3. The molecule has 4 rings (SSSR count). The van der Waals surface area contributed by atoms with Crippen molar-refractivity contribution in [1.29, 1.82) is 0 Å². The van der Waals surface area contributed by atoms with Gasteiger partial charge < -0.3 is 14.5 Å². The van der Waals surface area contributed by atoms with Crippen LogP contribution < -0.4 is 10.9 Å². The summed E-state index contributed by atoms with van der Waals surface area (Å²) in [4.78, 5) is 51.5. The molecule has 36 heavy (non-hydrogen) atoms. The van der Waals surface area contributed by atoms with E-state index in [1.807, 2.05) is 19.1 Å². The lowest BCUT2D eigenvalue weighted by Gasteiger charge is -2.40. The third kappa shape index (κ3) is 4.90. The second-order valence-electron chi connectivity index (χ2n) is 11.7. The first-order valence-electron chi connectivity index (χ1n) is 12.7. The Morgan fingerprint density at radius 1 is 1.17 bits per heavy atom. The Kier molecular flexibility index (Phi) is 6.75. The van der Waals surface area contributed by atoms with Crippen molar-refractivity contribution in [1.82, 2.24) is 10.2 Å². The third-order valence-electron chi connectivity index (χ3n) is 7.82. The van der Waals surface area contributed by atoms with Crippen molar-refractivity contribution in [3.8, 4) is 0 Å². The van der Waals surface area contributed by atoms with Crippen LogP contribution in [0.3, 0.4) is 0 Å². The molecule has 0 radical (unpaired) electrons. The molecule has 2 fully saturated rings. The fourth-order valence-electron chi connectivity index (χ4n) is 5.60. The molecule has 0 bridgehead atoms. The number of hydrogen-bond donors (Lipinski definition) is 1. The lowest BCUT2D eigenvalue weighted by Crippen LogP contribution is -2.50. The number of imide groups is 1. The number of urea groups is 1. The third-order valence-corrected chi connectivity index (χ3v) is 7.82. The van der Waals surface area contributed by atoms with Crippen LogP contribution in [0, 0.1) is 18.3 Å². The number of esters is 1. The molecule has 2 aliphatic rings. The molecule has 1 aliphatic heterocycles. The van der Waals surface area contributed by atoms with Gasteiger partial charge in [-0.25, -0.2) is 9.59 Å². The lowest BCUT2D eigenvalue weighted by molar-refractivity contribution is -0.149. The number of nitrogens with zero attached hydrogens (tertiary/aromatic N) is 1. The Bertz CT molecular complexity index is 1260. The Balaban J connectivity index is 1.45. The van der Waals surface area contributed by atoms with Crippen LogP contribution in [0.25, 0.3) is 11.0 Å². The second-order valence-corrected chi connectivity index (χ2v) is 11.7. The fraction of sp³-hybridized carbons (Fsp3) is 0.571. The number of amides is 3. The standard InChI is InChI=1S/C28H36N2O6/c1-16(2)20-13-21-18(12-23(31)36-22(21)11-17(20)3)15-35-24(32)14-30-25(33)28(29-26(30)34)9-7-19(8-10-28)27(4,5)6/h11-13,16,19H,7-10,14-15H2,1-6H3,(H,29,34). The molecular weight excluding hydrogens is 460 g/mol. The minimum Gasteiger partial charge on any atom is -0.459 e. The summed E-state index contributed by atoms with van der Waals surface area (Å²) in [5, 5.41) is 3.55. The van der Waals surface area contributed by atoms with Gasteiger partial charge in [-0.2, -0.15) is 0 Å². The molecule has 1 spiro atoms. The molecule has 0 atom stereocenters. The SMILES string of the molecule is Cc1cc2oc(=O)cc(COC(=O)CN3C(=O)NC4(CCC(C(C)(C)C)CC4)C3=O)c2cc1C(C)C. The predicted octanol–water partition coefficient (Wildman–Crippen LogP) is 4.79. The number of carbonyl (C=O) groups excluding carboxylic acids is 3. The predicted molar refractivity (Wildman–Crippen MR) is 135 cm³/mol. The van der Waals surface area contributed by atoms with E-state index >= 15 is 0 Å². The summed E-state index contributed by atoms with van der Waals surface area (Å²) < 4.78 is 10.8. The molecule has 2 heterocycles. The molecule has 1 saturated carbocycles. The first-order valence-corrected chi connectivity index (χ1v) is 12.7. The number of nitrogens with one attached hydrogen (secondary N) is 1. The zero-order chi connectivity index (χ0) is 26.4. The van der Waals surface area contributed by atoms with Crippen LogP contribution in [0.5, 0.6) is 0 Å². The molecular formula is C28H36N2O6. The highest BCUT2D eigenvalue weighted by molar-refractivity contribution is 6.08. The van der Waals surface area contributed by atoms with Crippen molar-refractivity contribution in [2.45, 2.75) is 85.3 Å². The molecule has 8 heteroatoms. The van der Waals surface area contributed by atoms with Crippen LogP contribution in [0.1, 0.15) is 82.9 Å². The first kappa shape index (κ1) is 25.9. The zero-order valence-electron chi connectivity index (χ0n) is 22.0. The van der Waals surface area contributed by atoms with Gasteiger partial charge in [0.05, 0.1) is 0 Å². The number of fused-ring (bicyclic) bond motifs is 1. The summed E-state index contributed by atoms with van der Waals surface area (Å²) in [7, 11) is 0.